The van der Waals surface area contributed by atoms with Crippen LogP contribution in [0.25, 0.3) is 0 Å². The van der Waals surface area contributed by atoms with E-state index in [1.165, 1.54) is 0 Å². The van der Waals surface area contributed by atoms with Crippen LogP contribution in [0.15, 0.2) is 72.8 Å². The summed E-state index contributed by atoms with van der Waals surface area (Å²) < 4.78 is 11.5. The maximum atomic E-state index is 13.1. The highest BCUT2D eigenvalue weighted by atomic mass is 16.5. The largest absolute Gasteiger partial charge is 0.492 e. The molecule has 3 N–H and O–H groups in total. The van der Waals surface area contributed by atoms with Gasteiger partial charge < -0.3 is 30.1 Å². The van der Waals surface area contributed by atoms with E-state index in [0.29, 0.717) is 48.2 Å². The normalized spacial score (nSPS) is 11.3. The number of aliphatic hydroxyl groups excluding tert-OH is 1. The summed E-state index contributed by atoms with van der Waals surface area (Å²) in [6.07, 6.45) is -0.617. The Morgan fingerprint density at radius 2 is 1.39 bits per heavy atom. The molecule has 0 aromatic heterocycles. The molecule has 3 aromatic rings. The number of benzene rings is 3. The summed E-state index contributed by atoms with van der Waals surface area (Å²) in [4.78, 5) is 27.6. The van der Waals surface area contributed by atoms with E-state index in [0.717, 1.165) is 5.69 Å². The Bertz CT molecular complexity index is 1140. The van der Waals surface area contributed by atoms with E-state index >= 15 is 0 Å². The summed E-state index contributed by atoms with van der Waals surface area (Å²) in [6, 6.07) is 21.6. The number of anilines is 3. The third-order valence-electron chi connectivity index (χ3n) is 5.18. The lowest BCUT2D eigenvalue weighted by molar-refractivity contribution is -0.115. The maximum Gasteiger partial charge on any atom is 0.255 e. The average Bonchev–Trinajstić information content (AvgIpc) is 2.87. The van der Waals surface area contributed by atoms with Crippen LogP contribution < -0.4 is 25.0 Å². The van der Waals surface area contributed by atoms with Gasteiger partial charge in [-0.05, 0) is 45.0 Å². The van der Waals surface area contributed by atoms with Gasteiger partial charge in [-0.3, -0.25) is 9.59 Å². The predicted molar refractivity (Wildman–Crippen MR) is 142 cm³/mol. The quantitative estimate of drug-likeness (QED) is 0.343. The molecule has 8 nitrogen and oxygen atoms in total. The molecular formula is C28H33N3O5. The van der Waals surface area contributed by atoms with Crippen molar-refractivity contribution in [3.8, 4) is 11.5 Å². The minimum absolute atomic E-state index is 0.0247. The first-order chi connectivity index (χ1) is 17.4. The number of carbonyl (C=O) groups is 2. The molecule has 0 aliphatic rings. The Morgan fingerprint density at radius 3 is 1.92 bits per heavy atom. The molecule has 3 aromatic carbocycles. The number of para-hydroxylation sites is 1. The van der Waals surface area contributed by atoms with Crippen molar-refractivity contribution in [3.05, 3.63) is 78.4 Å². The number of rotatable bonds is 12. The van der Waals surface area contributed by atoms with Crippen LogP contribution in [0.3, 0.4) is 0 Å². The second kappa shape index (κ2) is 13.2. The van der Waals surface area contributed by atoms with E-state index < -0.39 is 6.10 Å². The summed E-state index contributed by atoms with van der Waals surface area (Å²) >= 11 is 0. The first kappa shape index (κ1) is 26.6. The number of hydrogen-bond acceptors (Lipinski definition) is 6. The van der Waals surface area contributed by atoms with Crippen LogP contribution in [-0.4, -0.2) is 49.3 Å². The summed E-state index contributed by atoms with van der Waals surface area (Å²) in [5.41, 5.74) is 2.20. The zero-order chi connectivity index (χ0) is 25.9. The van der Waals surface area contributed by atoms with Crippen molar-refractivity contribution in [2.24, 2.45) is 0 Å². The first-order valence-electron chi connectivity index (χ1n) is 12.0. The Labute approximate surface area is 211 Å². The Kier molecular flexibility index (Phi) is 9.71. The Hall–Kier alpha value is -4.04. The fourth-order valence-corrected chi connectivity index (χ4v) is 3.67. The minimum Gasteiger partial charge on any atom is -0.492 e. The van der Waals surface area contributed by atoms with E-state index in [1.54, 1.807) is 48.2 Å². The average molecular weight is 492 g/mol. The summed E-state index contributed by atoms with van der Waals surface area (Å²) in [6.45, 7) is 6.40. The van der Waals surface area contributed by atoms with Gasteiger partial charge in [0.25, 0.3) is 5.91 Å². The molecule has 3 rings (SSSR count). The van der Waals surface area contributed by atoms with Gasteiger partial charge in [-0.25, -0.2) is 0 Å². The lowest BCUT2D eigenvalue weighted by Gasteiger charge is -2.26. The molecule has 1 unspecified atom stereocenters. The van der Waals surface area contributed by atoms with E-state index in [4.69, 9.17) is 9.47 Å². The van der Waals surface area contributed by atoms with E-state index in [2.05, 4.69) is 10.6 Å². The van der Waals surface area contributed by atoms with E-state index in [-0.39, 0.29) is 18.4 Å². The molecule has 0 bridgehead atoms. The van der Waals surface area contributed by atoms with Gasteiger partial charge in [-0.1, -0.05) is 36.4 Å². The fourth-order valence-electron chi connectivity index (χ4n) is 3.67. The molecule has 190 valence electrons. The molecule has 1 atom stereocenters. The first-order valence-corrected chi connectivity index (χ1v) is 12.0. The molecule has 36 heavy (non-hydrogen) atoms. The minimum atomic E-state index is -0.617. The van der Waals surface area contributed by atoms with Crippen LogP contribution in [0, 0.1) is 0 Å². The zero-order valence-electron chi connectivity index (χ0n) is 20.9. The summed E-state index contributed by atoms with van der Waals surface area (Å²) in [5.74, 6) is 0.236. The molecule has 0 aliphatic heterocycles. The highest BCUT2D eigenvalue weighted by Crippen LogP contribution is 2.37. The number of nitrogens with zero attached hydrogens (tertiary/aromatic N) is 1. The summed E-state index contributed by atoms with van der Waals surface area (Å²) in [7, 11) is 0. The highest BCUT2D eigenvalue weighted by Gasteiger charge is 2.19. The molecular weight excluding hydrogens is 458 g/mol. The molecule has 0 radical (unpaired) electrons. The van der Waals surface area contributed by atoms with Crippen LogP contribution in [0.2, 0.25) is 0 Å². The number of nitrogens with one attached hydrogen (secondary N) is 2. The van der Waals surface area contributed by atoms with Crippen LogP contribution in [0.5, 0.6) is 11.5 Å². The van der Waals surface area contributed by atoms with Crippen molar-refractivity contribution in [1.82, 2.24) is 0 Å². The van der Waals surface area contributed by atoms with Crippen LogP contribution >= 0.6 is 0 Å². The number of hydrogen-bond donors (Lipinski definition) is 3. The van der Waals surface area contributed by atoms with Gasteiger partial charge in [0.15, 0.2) is 0 Å². The molecule has 0 saturated carbocycles. The van der Waals surface area contributed by atoms with Crippen molar-refractivity contribution in [3.63, 3.8) is 0 Å². The topological polar surface area (TPSA) is 100 Å². The van der Waals surface area contributed by atoms with Gasteiger partial charge in [0.2, 0.25) is 5.91 Å². The number of aliphatic hydroxyl groups is 1. The van der Waals surface area contributed by atoms with Crippen molar-refractivity contribution in [2.45, 2.75) is 26.9 Å². The Morgan fingerprint density at radius 1 is 0.861 bits per heavy atom. The summed E-state index contributed by atoms with van der Waals surface area (Å²) in [5, 5.41) is 15.7. The van der Waals surface area contributed by atoms with Crippen LogP contribution in [-0.2, 0) is 4.79 Å². The van der Waals surface area contributed by atoms with Gasteiger partial charge in [0.05, 0.1) is 37.2 Å². The number of ether oxygens (including phenoxy) is 2. The lowest BCUT2D eigenvalue weighted by atomic mass is 10.2. The van der Waals surface area contributed by atoms with E-state index in [9.17, 15) is 14.7 Å². The van der Waals surface area contributed by atoms with Crippen molar-refractivity contribution >= 4 is 28.9 Å². The van der Waals surface area contributed by atoms with Crippen molar-refractivity contribution < 1.29 is 24.2 Å². The van der Waals surface area contributed by atoms with Gasteiger partial charge in [0, 0.05) is 29.9 Å². The molecule has 8 heteroatoms. The van der Waals surface area contributed by atoms with Gasteiger partial charge in [0.1, 0.15) is 11.5 Å². The monoisotopic (exact) mass is 491 g/mol. The van der Waals surface area contributed by atoms with Gasteiger partial charge in [-0.15, -0.1) is 0 Å². The van der Waals surface area contributed by atoms with Crippen LogP contribution in [0.4, 0.5) is 17.1 Å². The van der Waals surface area contributed by atoms with Crippen molar-refractivity contribution in [1.29, 1.82) is 0 Å². The smallest absolute Gasteiger partial charge is 0.255 e. The molecule has 0 aliphatic carbocycles. The third-order valence-corrected chi connectivity index (χ3v) is 5.18. The SMILES string of the molecule is CCOc1cc(NC(=O)c2ccccc2)c(OCC)cc1NC(=O)CN(CC(C)O)c1ccccc1. The highest BCUT2D eigenvalue weighted by molar-refractivity contribution is 6.05. The maximum absolute atomic E-state index is 13.1. The zero-order valence-corrected chi connectivity index (χ0v) is 20.9. The third kappa shape index (κ3) is 7.48. The fraction of sp³-hybridized carbons (Fsp3) is 0.286. The van der Waals surface area contributed by atoms with Crippen molar-refractivity contribution in [2.75, 3.05) is 41.8 Å². The molecule has 0 fully saturated rings. The van der Waals surface area contributed by atoms with E-state index in [1.807, 2.05) is 50.2 Å². The van der Waals surface area contributed by atoms with Gasteiger partial charge in [-0.2, -0.15) is 0 Å². The number of carbonyl (C=O) groups excluding carboxylic acids is 2. The number of amides is 2. The molecule has 0 saturated heterocycles. The second-order valence-electron chi connectivity index (χ2n) is 8.14. The van der Waals surface area contributed by atoms with Gasteiger partial charge >= 0.3 is 0 Å². The molecule has 0 spiro atoms. The van der Waals surface area contributed by atoms with Crippen LogP contribution in [0.1, 0.15) is 31.1 Å². The molecule has 2 amide bonds. The lowest BCUT2D eigenvalue weighted by Crippen LogP contribution is -2.37. The Balaban J connectivity index is 1.85. The predicted octanol–water partition coefficient (Wildman–Crippen LogP) is 4.56. The standard InChI is InChI=1S/C28H33N3O5/c1-4-35-25-17-24(30-28(34)21-12-8-6-9-13-21)26(36-5-2)16-23(25)29-27(33)19-31(18-20(3)32)22-14-10-7-11-15-22/h6-17,20,32H,4-5,18-19H2,1-3H3,(H,29,33)(H,30,34). The second-order valence-corrected chi connectivity index (χ2v) is 8.14. The molecule has 0 heterocycles.